The summed E-state index contributed by atoms with van der Waals surface area (Å²) in [5.41, 5.74) is 0.378. The molecule has 0 spiro atoms. The summed E-state index contributed by atoms with van der Waals surface area (Å²) in [7, 11) is 0. The minimum absolute atomic E-state index is 0.342. The summed E-state index contributed by atoms with van der Waals surface area (Å²) in [4.78, 5) is 0. The number of nitrogens with one attached hydrogen (secondary N) is 1. The van der Waals surface area contributed by atoms with Crippen LogP contribution in [0.4, 0.5) is 8.78 Å². The molecular weight excluding hydrogens is 244 g/mol. The Morgan fingerprint density at radius 3 is 2.47 bits per heavy atom. The summed E-state index contributed by atoms with van der Waals surface area (Å²) in [6.07, 6.45) is 2.08. The number of halogens is 2. The molecule has 0 atom stereocenters. The highest BCUT2D eigenvalue weighted by Gasteiger charge is 2.29. The van der Waals surface area contributed by atoms with Crippen LogP contribution in [0.25, 0.3) is 5.69 Å². The van der Waals surface area contributed by atoms with Gasteiger partial charge in [-0.05, 0) is 37.2 Å². The summed E-state index contributed by atoms with van der Waals surface area (Å²) >= 11 is 5.09. The Hall–Kier alpha value is -1.56. The van der Waals surface area contributed by atoms with E-state index in [0.717, 1.165) is 24.7 Å². The number of hydrogen-bond donors (Lipinski definition) is 1. The molecule has 3 rings (SSSR count). The second-order valence-corrected chi connectivity index (χ2v) is 4.51. The lowest BCUT2D eigenvalue weighted by Gasteiger charge is -2.06. The molecule has 1 aromatic heterocycles. The standard InChI is InChI=1S/C11H9F2N3S/c12-7-3-8(13)5-9(4-7)16-10(6-1-2-6)14-15-11(16)17/h3-6H,1-2H2,(H,15,17). The van der Waals surface area contributed by atoms with Crippen LogP contribution in [-0.4, -0.2) is 14.8 Å². The van der Waals surface area contributed by atoms with E-state index in [9.17, 15) is 8.78 Å². The molecule has 0 radical (unpaired) electrons. The van der Waals surface area contributed by atoms with Crippen LogP contribution < -0.4 is 0 Å². The zero-order valence-electron chi connectivity index (χ0n) is 8.78. The van der Waals surface area contributed by atoms with Gasteiger partial charge < -0.3 is 0 Å². The van der Waals surface area contributed by atoms with Gasteiger partial charge in [0.2, 0.25) is 0 Å². The lowest BCUT2D eigenvalue weighted by molar-refractivity contribution is 0.581. The van der Waals surface area contributed by atoms with E-state index in [1.165, 1.54) is 12.1 Å². The molecular formula is C11H9F2N3S. The van der Waals surface area contributed by atoms with Crippen molar-refractivity contribution in [3.05, 3.63) is 40.4 Å². The summed E-state index contributed by atoms with van der Waals surface area (Å²) in [6.45, 7) is 0. The highest BCUT2D eigenvalue weighted by molar-refractivity contribution is 7.71. The van der Waals surface area contributed by atoms with Gasteiger partial charge in [0.05, 0.1) is 5.69 Å². The van der Waals surface area contributed by atoms with Crippen molar-refractivity contribution in [1.29, 1.82) is 0 Å². The molecule has 88 valence electrons. The fourth-order valence-corrected chi connectivity index (χ4v) is 2.09. The molecule has 0 aliphatic heterocycles. The summed E-state index contributed by atoms with van der Waals surface area (Å²) in [5, 5.41) is 6.78. The maximum atomic E-state index is 13.2. The van der Waals surface area contributed by atoms with Gasteiger partial charge in [0.1, 0.15) is 17.5 Å². The Kier molecular flexibility index (Phi) is 2.32. The van der Waals surface area contributed by atoms with E-state index in [4.69, 9.17) is 12.2 Å². The number of rotatable bonds is 2. The zero-order valence-corrected chi connectivity index (χ0v) is 9.60. The Labute approximate surface area is 101 Å². The summed E-state index contributed by atoms with van der Waals surface area (Å²) < 4.78 is 28.3. The molecule has 0 unspecified atom stereocenters. The second-order valence-electron chi connectivity index (χ2n) is 4.12. The fourth-order valence-electron chi connectivity index (χ4n) is 1.84. The van der Waals surface area contributed by atoms with Gasteiger partial charge in [0.25, 0.3) is 0 Å². The number of H-pyrrole nitrogens is 1. The largest absolute Gasteiger partial charge is 0.272 e. The number of benzene rings is 1. The molecule has 1 heterocycles. The first-order valence-corrected chi connectivity index (χ1v) is 5.70. The molecule has 0 amide bonds. The van der Waals surface area contributed by atoms with Gasteiger partial charge in [0, 0.05) is 12.0 Å². The third-order valence-corrected chi connectivity index (χ3v) is 3.02. The van der Waals surface area contributed by atoms with Crippen molar-refractivity contribution in [3.63, 3.8) is 0 Å². The van der Waals surface area contributed by atoms with E-state index in [0.29, 0.717) is 16.4 Å². The van der Waals surface area contributed by atoms with Crippen LogP contribution in [0.3, 0.4) is 0 Å². The van der Waals surface area contributed by atoms with Crippen molar-refractivity contribution in [2.24, 2.45) is 0 Å². The molecule has 1 aliphatic carbocycles. The van der Waals surface area contributed by atoms with Crippen LogP contribution in [0.5, 0.6) is 0 Å². The molecule has 0 saturated heterocycles. The second kappa shape index (κ2) is 3.73. The molecule has 1 N–H and O–H groups in total. The van der Waals surface area contributed by atoms with Gasteiger partial charge in [-0.2, -0.15) is 5.10 Å². The number of aromatic amines is 1. The summed E-state index contributed by atoms with van der Waals surface area (Å²) in [5.74, 6) is -0.149. The van der Waals surface area contributed by atoms with Crippen LogP contribution in [0.1, 0.15) is 24.6 Å². The normalized spacial score (nSPS) is 15.2. The maximum Gasteiger partial charge on any atom is 0.199 e. The molecule has 1 saturated carbocycles. The quantitative estimate of drug-likeness (QED) is 0.834. The average molecular weight is 253 g/mol. The minimum atomic E-state index is -0.621. The van der Waals surface area contributed by atoms with E-state index < -0.39 is 11.6 Å². The lowest BCUT2D eigenvalue weighted by atomic mass is 10.3. The zero-order chi connectivity index (χ0) is 12.0. The molecule has 6 heteroatoms. The first-order chi connectivity index (χ1) is 8.15. The Morgan fingerprint density at radius 1 is 1.24 bits per heavy atom. The Morgan fingerprint density at radius 2 is 1.88 bits per heavy atom. The highest BCUT2D eigenvalue weighted by Crippen LogP contribution is 2.39. The van der Waals surface area contributed by atoms with E-state index >= 15 is 0 Å². The topological polar surface area (TPSA) is 33.6 Å². The van der Waals surface area contributed by atoms with Gasteiger partial charge in [-0.3, -0.25) is 9.67 Å². The van der Waals surface area contributed by atoms with Gasteiger partial charge in [-0.15, -0.1) is 0 Å². The predicted octanol–water partition coefficient (Wildman–Crippen LogP) is 3.09. The number of hydrogen-bond acceptors (Lipinski definition) is 2. The first-order valence-electron chi connectivity index (χ1n) is 5.29. The van der Waals surface area contributed by atoms with Crippen molar-refractivity contribution in [2.75, 3.05) is 0 Å². The Bertz CT molecular complexity index is 608. The van der Waals surface area contributed by atoms with E-state index in [2.05, 4.69) is 10.2 Å². The third kappa shape index (κ3) is 1.88. The first kappa shape index (κ1) is 10.6. The molecule has 2 aromatic rings. The molecule has 1 aliphatic rings. The SMILES string of the molecule is Fc1cc(F)cc(-n2c(C3CC3)n[nH]c2=S)c1. The van der Waals surface area contributed by atoms with Crippen molar-refractivity contribution >= 4 is 12.2 Å². The molecule has 3 nitrogen and oxygen atoms in total. The number of aromatic nitrogens is 3. The molecule has 1 aromatic carbocycles. The van der Waals surface area contributed by atoms with E-state index in [-0.39, 0.29) is 0 Å². The van der Waals surface area contributed by atoms with Gasteiger partial charge in [-0.25, -0.2) is 8.78 Å². The third-order valence-electron chi connectivity index (χ3n) is 2.75. The molecule has 1 fully saturated rings. The van der Waals surface area contributed by atoms with E-state index in [1.54, 1.807) is 4.57 Å². The number of nitrogens with zero attached hydrogens (tertiary/aromatic N) is 2. The highest BCUT2D eigenvalue weighted by atomic mass is 32.1. The van der Waals surface area contributed by atoms with Crippen molar-refractivity contribution < 1.29 is 8.78 Å². The van der Waals surface area contributed by atoms with E-state index in [1.807, 2.05) is 0 Å². The van der Waals surface area contributed by atoms with Crippen LogP contribution >= 0.6 is 12.2 Å². The summed E-state index contributed by atoms with van der Waals surface area (Å²) in [6, 6.07) is 3.34. The van der Waals surface area contributed by atoms with Crippen LogP contribution in [-0.2, 0) is 0 Å². The molecule has 17 heavy (non-hydrogen) atoms. The van der Waals surface area contributed by atoms with Crippen LogP contribution in [0.15, 0.2) is 18.2 Å². The Balaban J connectivity index is 2.20. The predicted molar refractivity (Wildman–Crippen MR) is 60.6 cm³/mol. The van der Waals surface area contributed by atoms with Crippen molar-refractivity contribution in [3.8, 4) is 5.69 Å². The minimum Gasteiger partial charge on any atom is -0.272 e. The lowest BCUT2D eigenvalue weighted by Crippen LogP contribution is -2.01. The van der Waals surface area contributed by atoms with Gasteiger partial charge >= 0.3 is 0 Å². The molecule has 0 bridgehead atoms. The average Bonchev–Trinajstić information content (AvgIpc) is 3.01. The van der Waals surface area contributed by atoms with Gasteiger partial charge in [0.15, 0.2) is 4.77 Å². The fraction of sp³-hybridized carbons (Fsp3) is 0.273. The van der Waals surface area contributed by atoms with Crippen molar-refractivity contribution in [2.45, 2.75) is 18.8 Å². The smallest absolute Gasteiger partial charge is 0.199 e. The monoisotopic (exact) mass is 253 g/mol. The van der Waals surface area contributed by atoms with Crippen LogP contribution in [0.2, 0.25) is 0 Å². The van der Waals surface area contributed by atoms with Crippen LogP contribution in [0, 0.1) is 16.4 Å². The van der Waals surface area contributed by atoms with Crippen molar-refractivity contribution in [1.82, 2.24) is 14.8 Å². The van der Waals surface area contributed by atoms with Gasteiger partial charge in [-0.1, -0.05) is 0 Å². The maximum absolute atomic E-state index is 13.2.